The molecule has 0 atom stereocenters. The van der Waals surface area contributed by atoms with Crippen LogP contribution in [0.3, 0.4) is 0 Å². The van der Waals surface area contributed by atoms with Crippen molar-refractivity contribution in [1.29, 1.82) is 0 Å². The zero-order chi connectivity index (χ0) is 12.0. The molecule has 1 N–H and O–H groups in total. The third-order valence-electron chi connectivity index (χ3n) is 2.94. The predicted molar refractivity (Wildman–Crippen MR) is 70.5 cm³/mol. The summed E-state index contributed by atoms with van der Waals surface area (Å²) in [5.74, 6) is 0.920. The maximum absolute atomic E-state index is 4.38. The van der Waals surface area contributed by atoms with Gasteiger partial charge >= 0.3 is 0 Å². The van der Waals surface area contributed by atoms with Gasteiger partial charge in [-0.05, 0) is 19.1 Å². The molecule has 4 nitrogen and oxygen atoms in total. The van der Waals surface area contributed by atoms with E-state index < -0.39 is 0 Å². The summed E-state index contributed by atoms with van der Waals surface area (Å²) in [5, 5.41) is 1.16. The normalized spacial score (nSPS) is 11.2. The monoisotopic (exact) mass is 226 g/mol. The molecule has 0 radical (unpaired) electrons. The Morgan fingerprint density at radius 1 is 1.18 bits per heavy atom. The zero-order valence-corrected chi connectivity index (χ0v) is 10.2. The molecule has 3 aromatic rings. The lowest BCUT2D eigenvalue weighted by atomic mass is 10.1. The minimum atomic E-state index is 0.920. The number of benzene rings is 1. The maximum atomic E-state index is 4.38. The smallest absolute Gasteiger partial charge is 0.155 e. The van der Waals surface area contributed by atoms with Gasteiger partial charge in [-0.25, -0.2) is 9.97 Å². The second-order valence-electron chi connectivity index (χ2n) is 4.49. The Balaban J connectivity index is 2.47. The van der Waals surface area contributed by atoms with Gasteiger partial charge in [-0.2, -0.15) is 0 Å². The largest absolute Gasteiger partial charge is 0.361 e. The molecular weight excluding hydrogens is 212 g/mol. The highest BCUT2D eigenvalue weighted by atomic mass is 15.2. The van der Waals surface area contributed by atoms with Crippen molar-refractivity contribution >= 4 is 27.8 Å². The molecule has 0 spiro atoms. The SMILES string of the molecule is Cc1ccc2[nH]c3c(N(C)C)ncnc3c2c1. The van der Waals surface area contributed by atoms with Gasteiger partial charge in [0.2, 0.25) is 0 Å². The van der Waals surface area contributed by atoms with Crippen LogP contribution in [0, 0.1) is 6.92 Å². The molecule has 0 unspecified atom stereocenters. The third kappa shape index (κ3) is 1.45. The van der Waals surface area contributed by atoms with Crippen LogP contribution in [-0.4, -0.2) is 29.0 Å². The Bertz CT molecular complexity index is 697. The number of fused-ring (bicyclic) bond motifs is 3. The summed E-state index contributed by atoms with van der Waals surface area (Å²) < 4.78 is 0. The Hall–Kier alpha value is -2.10. The standard InChI is InChI=1S/C13H14N4/c1-8-4-5-10-9(6-8)11-12(16-10)13(17(2)3)15-7-14-11/h4-7,16H,1-3H3. The number of aromatic amines is 1. The number of H-pyrrole nitrogens is 1. The summed E-state index contributed by atoms with van der Waals surface area (Å²) in [4.78, 5) is 14.1. The van der Waals surface area contributed by atoms with Crippen molar-refractivity contribution in [2.75, 3.05) is 19.0 Å². The van der Waals surface area contributed by atoms with Gasteiger partial charge in [0.05, 0.1) is 0 Å². The van der Waals surface area contributed by atoms with Crippen LogP contribution in [0.2, 0.25) is 0 Å². The van der Waals surface area contributed by atoms with E-state index in [1.165, 1.54) is 5.56 Å². The minimum absolute atomic E-state index is 0.920. The summed E-state index contributed by atoms with van der Waals surface area (Å²) in [6.45, 7) is 2.09. The van der Waals surface area contributed by atoms with Crippen LogP contribution in [0.15, 0.2) is 24.5 Å². The molecule has 0 saturated heterocycles. The molecule has 1 aromatic carbocycles. The molecule has 0 aliphatic carbocycles. The van der Waals surface area contributed by atoms with Crippen LogP contribution in [0.1, 0.15) is 5.56 Å². The second kappa shape index (κ2) is 3.45. The topological polar surface area (TPSA) is 44.8 Å². The van der Waals surface area contributed by atoms with Gasteiger partial charge < -0.3 is 9.88 Å². The van der Waals surface area contributed by atoms with Gasteiger partial charge in [0, 0.05) is 25.0 Å². The number of nitrogens with zero attached hydrogens (tertiary/aromatic N) is 3. The molecular formula is C13H14N4. The molecule has 3 rings (SSSR count). The summed E-state index contributed by atoms with van der Waals surface area (Å²) >= 11 is 0. The highest BCUT2D eigenvalue weighted by Crippen LogP contribution is 2.28. The molecule has 0 bridgehead atoms. The van der Waals surface area contributed by atoms with Crippen molar-refractivity contribution in [1.82, 2.24) is 15.0 Å². The first kappa shape index (κ1) is 10.1. The number of hydrogen-bond acceptors (Lipinski definition) is 3. The van der Waals surface area contributed by atoms with E-state index in [0.717, 1.165) is 27.8 Å². The van der Waals surface area contributed by atoms with E-state index in [2.05, 4.69) is 40.1 Å². The van der Waals surface area contributed by atoms with Crippen molar-refractivity contribution in [2.45, 2.75) is 6.92 Å². The quantitative estimate of drug-likeness (QED) is 0.693. The molecule has 2 heterocycles. The van der Waals surface area contributed by atoms with E-state index in [0.29, 0.717) is 0 Å². The Morgan fingerprint density at radius 2 is 2.00 bits per heavy atom. The number of anilines is 1. The van der Waals surface area contributed by atoms with Gasteiger partial charge in [0.25, 0.3) is 0 Å². The maximum Gasteiger partial charge on any atom is 0.155 e. The summed E-state index contributed by atoms with van der Waals surface area (Å²) in [5.41, 5.74) is 4.33. The fourth-order valence-corrected chi connectivity index (χ4v) is 2.13. The van der Waals surface area contributed by atoms with Crippen molar-refractivity contribution in [3.63, 3.8) is 0 Å². The highest BCUT2D eigenvalue weighted by molar-refractivity contribution is 6.08. The first-order valence-corrected chi connectivity index (χ1v) is 5.57. The summed E-state index contributed by atoms with van der Waals surface area (Å²) in [7, 11) is 3.97. The second-order valence-corrected chi connectivity index (χ2v) is 4.49. The molecule has 0 saturated carbocycles. The van der Waals surface area contributed by atoms with Crippen molar-refractivity contribution in [3.05, 3.63) is 30.1 Å². The lowest BCUT2D eigenvalue weighted by molar-refractivity contribution is 1.06. The van der Waals surface area contributed by atoms with Crippen LogP contribution < -0.4 is 4.90 Å². The van der Waals surface area contributed by atoms with Gasteiger partial charge in [0.15, 0.2) is 5.82 Å². The molecule has 0 aliphatic heterocycles. The van der Waals surface area contributed by atoms with Gasteiger partial charge in [-0.3, -0.25) is 0 Å². The predicted octanol–water partition coefficient (Wildman–Crippen LogP) is 2.49. The van der Waals surface area contributed by atoms with Crippen LogP contribution in [0.25, 0.3) is 21.9 Å². The molecule has 0 aliphatic rings. The van der Waals surface area contributed by atoms with E-state index in [1.54, 1.807) is 6.33 Å². The number of aromatic nitrogens is 3. The Labute approximate surface area is 99.3 Å². The molecule has 86 valence electrons. The lowest BCUT2D eigenvalue weighted by Crippen LogP contribution is -2.11. The average molecular weight is 226 g/mol. The number of nitrogens with one attached hydrogen (secondary N) is 1. The average Bonchev–Trinajstić information content (AvgIpc) is 2.66. The van der Waals surface area contributed by atoms with Gasteiger partial charge in [-0.15, -0.1) is 0 Å². The van der Waals surface area contributed by atoms with Crippen LogP contribution >= 0.6 is 0 Å². The highest BCUT2D eigenvalue weighted by Gasteiger charge is 2.11. The third-order valence-corrected chi connectivity index (χ3v) is 2.94. The number of aryl methyl sites for hydroxylation is 1. The van der Waals surface area contributed by atoms with E-state index in [1.807, 2.05) is 19.0 Å². The van der Waals surface area contributed by atoms with E-state index in [4.69, 9.17) is 0 Å². The van der Waals surface area contributed by atoms with Crippen LogP contribution in [-0.2, 0) is 0 Å². The van der Waals surface area contributed by atoms with Gasteiger partial charge in [0.1, 0.15) is 17.4 Å². The Morgan fingerprint density at radius 3 is 2.76 bits per heavy atom. The van der Waals surface area contributed by atoms with E-state index >= 15 is 0 Å². The minimum Gasteiger partial charge on any atom is -0.361 e. The van der Waals surface area contributed by atoms with E-state index in [-0.39, 0.29) is 0 Å². The zero-order valence-electron chi connectivity index (χ0n) is 10.2. The lowest BCUT2D eigenvalue weighted by Gasteiger charge is -2.10. The first-order chi connectivity index (χ1) is 8.16. The summed E-state index contributed by atoms with van der Waals surface area (Å²) in [6, 6.07) is 6.34. The fraction of sp³-hybridized carbons (Fsp3) is 0.231. The molecule has 2 aromatic heterocycles. The number of rotatable bonds is 1. The first-order valence-electron chi connectivity index (χ1n) is 5.57. The van der Waals surface area contributed by atoms with Gasteiger partial charge in [-0.1, -0.05) is 11.6 Å². The van der Waals surface area contributed by atoms with Crippen molar-refractivity contribution < 1.29 is 0 Å². The van der Waals surface area contributed by atoms with Crippen LogP contribution in [0.5, 0.6) is 0 Å². The van der Waals surface area contributed by atoms with E-state index in [9.17, 15) is 0 Å². The van der Waals surface area contributed by atoms with Crippen molar-refractivity contribution in [2.24, 2.45) is 0 Å². The summed E-state index contributed by atoms with van der Waals surface area (Å²) in [6.07, 6.45) is 1.62. The molecule has 0 fully saturated rings. The van der Waals surface area contributed by atoms with Crippen LogP contribution in [0.4, 0.5) is 5.82 Å². The Kier molecular flexibility index (Phi) is 2.04. The number of hydrogen-bond donors (Lipinski definition) is 1. The molecule has 0 amide bonds. The molecule has 17 heavy (non-hydrogen) atoms. The fourth-order valence-electron chi connectivity index (χ4n) is 2.13. The molecule has 4 heteroatoms. The van der Waals surface area contributed by atoms with Crippen molar-refractivity contribution in [3.8, 4) is 0 Å².